The summed E-state index contributed by atoms with van der Waals surface area (Å²) < 4.78 is 27.3. The van der Waals surface area contributed by atoms with Crippen molar-refractivity contribution in [2.75, 3.05) is 0 Å². The van der Waals surface area contributed by atoms with Crippen LogP contribution in [0.2, 0.25) is 0 Å². The molecule has 0 saturated heterocycles. The third-order valence-electron chi connectivity index (χ3n) is 4.42. The normalized spacial score (nSPS) is 15.5. The summed E-state index contributed by atoms with van der Waals surface area (Å²) in [5.41, 5.74) is 10.8. The molecule has 5 N–H and O–H groups in total. The summed E-state index contributed by atoms with van der Waals surface area (Å²) in [4.78, 5) is 25.0. The Hall–Kier alpha value is -3.24. The van der Waals surface area contributed by atoms with Crippen LogP contribution in [0.25, 0.3) is 5.52 Å². The number of halogens is 2. The summed E-state index contributed by atoms with van der Waals surface area (Å²) in [6.07, 6.45) is 1.22. The van der Waals surface area contributed by atoms with Gasteiger partial charge in [-0.15, -0.1) is 0 Å². The van der Waals surface area contributed by atoms with E-state index in [1.807, 2.05) is 13.8 Å². The predicted molar refractivity (Wildman–Crippen MR) is 102 cm³/mol. The molecule has 1 saturated carbocycles. The summed E-state index contributed by atoms with van der Waals surface area (Å²) in [5.74, 6) is 0.0718. The number of amides is 1. The van der Waals surface area contributed by atoms with E-state index in [0.717, 1.165) is 35.4 Å². The van der Waals surface area contributed by atoms with Gasteiger partial charge in [0.2, 0.25) is 5.91 Å². The van der Waals surface area contributed by atoms with E-state index in [0.29, 0.717) is 17.3 Å². The number of hydrogen-bond donors (Lipinski definition) is 3. The number of carbonyl (C=O) groups excluding carboxylic acids is 1. The molecule has 0 aliphatic heterocycles. The third-order valence-corrected chi connectivity index (χ3v) is 4.42. The molecular formula is C18H23F2N7O2. The fraction of sp³-hybridized carbons (Fsp3) is 0.444. The molecule has 0 radical (unpaired) electrons. The van der Waals surface area contributed by atoms with Crippen molar-refractivity contribution >= 4 is 11.4 Å². The molecule has 29 heavy (non-hydrogen) atoms. The van der Waals surface area contributed by atoms with E-state index in [9.17, 15) is 18.4 Å². The lowest BCUT2D eigenvalue weighted by atomic mass is 10.2. The molecule has 0 spiro atoms. The molecule has 11 heteroatoms. The number of fused-ring (bicyclic) bond motifs is 1. The minimum absolute atomic E-state index is 0.0354. The van der Waals surface area contributed by atoms with Crippen LogP contribution >= 0.6 is 0 Å². The topological polar surface area (TPSA) is 133 Å². The van der Waals surface area contributed by atoms with Crippen LogP contribution in [0.5, 0.6) is 0 Å². The van der Waals surface area contributed by atoms with Crippen LogP contribution in [0.3, 0.4) is 0 Å². The van der Waals surface area contributed by atoms with Crippen LogP contribution in [0.15, 0.2) is 34.5 Å². The standard InChI is InChI=1S/C18H23F2N7O2/c1-9(2)17-25-26(8-15(28)23-14(22)6-5-11(21)16(19)20)18(29)13-7-12(10-3-4-10)24-27(13)17/h5-7,9-10,16H,3-4,8,21-22H2,1-2H3,(H,23,28)/b11-5-,14-6+. The van der Waals surface area contributed by atoms with Gasteiger partial charge in [0.15, 0.2) is 5.82 Å². The van der Waals surface area contributed by atoms with Crippen molar-refractivity contribution in [2.24, 2.45) is 11.5 Å². The highest BCUT2D eigenvalue weighted by molar-refractivity contribution is 5.77. The van der Waals surface area contributed by atoms with E-state index in [4.69, 9.17) is 11.5 Å². The third kappa shape index (κ3) is 4.61. The highest BCUT2D eigenvalue weighted by Gasteiger charge is 2.28. The fourth-order valence-corrected chi connectivity index (χ4v) is 2.75. The van der Waals surface area contributed by atoms with Crippen LogP contribution in [0.4, 0.5) is 8.78 Å². The van der Waals surface area contributed by atoms with Crippen LogP contribution in [-0.4, -0.2) is 31.7 Å². The van der Waals surface area contributed by atoms with Gasteiger partial charge in [-0.25, -0.2) is 18.0 Å². The Balaban J connectivity index is 1.85. The number of nitrogens with one attached hydrogen (secondary N) is 1. The second kappa shape index (κ2) is 8.02. The van der Waals surface area contributed by atoms with E-state index in [-0.39, 0.29) is 18.3 Å². The first-order chi connectivity index (χ1) is 13.7. The first-order valence-electron chi connectivity index (χ1n) is 9.19. The zero-order valence-corrected chi connectivity index (χ0v) is 16.1. The number of hydrogen-bond acceptors (Lipinski definition) is 6. The Kier molecular flexibility index (Phi) is 5.66. The predicted octanol–water partition coefficient (Wildman–Crippen LogP) is 0.916. The maximum atomic E-state index is 12.8. The molecule has 0 bridgehead atoms. The van der Waals surface area contributed by atoms with Gasteiger partial charge in [-0.3, -0.25) is 9.59 Å². The van der Waals surface area contributed by atoms with Gasteiger partial charge in [0.1, 0.15) is 17.9 Å². The first kappa shape index (κ1) is 20.5. The van der Waals surface area contributed by atoms with Gasteiger partial charge < -0.3 is 16.8 Å². The number of nitrogens with zero attached hydrogens (tertiary/aromatic N) is 4. The lowest BCUT2D eigenvalue weighted by Gasteiger charge is -2.11. The molecule has 0 atom stereocenters. The Bertz CT molecular complexity index is 1050. The number of nitrogens with two attached hydrogens (primary N) is 2. The van der Waals surface area contributed by atoms with E-state index in [2.05, 4.69) is 15.5 Å². The van der Waals surface area contributed by atoms with E-state index >= 15 is 0 Å². The molecule has 1 fully saturated rings. The minimum Gasteiger partial charge on any atom is -0.397 e. The number of alkyl halides is 2. The summed E-state index contributed by atoms with van der Waals surface area (Å²) in [5, 5.41) is 11.1. The molecule has 0 unspecified atom stereocenters. The molecular weight excluding hydrogens is 384 g/mol. The van der Waals surface area contributed by atoms with E-state index < -0.39 is 23.6 Å². The second-order valence-corrected chi connectivity index (χ2v) is 7.25. The molecule has 3 rings (SSSR count). The molecule has 1 amide bonds. The maximum absolute atomic E-state index is 12.8. The van der Waals surface area contributed by atoms with Crippen molar-refractivity contribution in [3.05, 3.63) is 51.6 Å². The van der Waals surface area contributed by atoms with Crippen LogP contribution < -0.4 is 22.3 Å². The number of carbonyl (C=O) groups is 1. The first-order valence-corrected chi connectivity index (χ1v) is 9.19. The zero-order chi connectivity index (χ0) is 21.3. The summed E-state index contributed by atoms with van der Waals surface area (Å²) in [7, 11) is 0. The highest BCUT2D eigenvalue weighted by Crippen LogP contribution is 2.39. The number of aromatic nitrogens is 4. The van der Waals surface area contributed by atoms with Gasteiger partial charge >= 0.3 is 0 Å². The van der Waals surface area contributed by atoms with Gasteiger partial charge in [-0.05, 0) is 31.1 Å². The van der Waals surface area contributed by atoms with Crippen LogP contribution in [0.1, 0.15) is 50.0 Å². The van der Waals surface area contributed by atoms with Crippen molar-refractivity contribution in [1.82, 2.24) is 24.7 Å². The quantitative estimate of drug-likeness (QED) is 0.585. The zero-order valence-electron chi connectivity index (χ0n) is 16.1. The Morgan fingerprint density at radius 3 is 2.59 bits per heavy atom. The second-order valence-electron chi connectivity index (χ2n) is 7.25. The smallest absolute Gasteiger partial charge is 0.293 e. The molecule has 1 aliphatic carbocycles. The Morgan fingerprint density at radius 2 is 2.00 bits per heavy atom. The number of rotatable bonds is 7. The Labute approximate surface area is 165 Å². The molecule has 2 aromatic rings. The molecule has 9 nitrogen and oxygen atoms in total. The minimum atomic E-state index is -2.82. The summed E-state index contributed by atoms with van der Waals surface area (Å²) in [6, 6.07) is 1.74. The van der Waals surface area contributed by atoms with Crippen molar-refractivity contribution in [3.8, 4) is 0 Å². The lowest BCUT2D eigenvalue weighted by molar-refractivity contribution is -0.121. The van der Waals surface area contributed by atoms with Crippen LogP contribution in [0, 0.1) is 0 Å². The van der Waals surface area contributed by atoms with Crippen LogP contribution in [-0.2, 0) is 11.3 Å². The Morgan fingerprint density at radius 1 is 1.31 bits per heavy atom. The van der Waals surface area contributed by atoms with Gasteiger partial charge in [-0.1, -0.05) is 13.8 Å². The van der Waals surface area contributed by atoms with Crippen molar-refractivity contribution in [3.63, 3.8) is 0 Å². The molecule has 156 valence electrons. The molecule has 2 heterocycles. The molecule has 2 aromatic heterocycles. The largest absolute Gasteiger partial charge is 0.397 e. The van der Waals surface area contributed by atoms with Gasteiger partial charge in [0, 0.05) is 11.8 Å². The monoisotopic (exact) mass is 407 g/mol. The molecule has 1 aliphatic rings. The fourth-order valence-electron chi connectivity index (χ4n) is 2.75. The molecule has 0 aromatic carbocycles. The highest BCUT2D eigenvalue weighted by atomic mass is 19.3. The van der Waals surface area contributed by atoms with Gasteiger partial charge in [0.25, 0.3) is 12.0 Å². The number of allylic oxidation sites excluding steroid dienone is 3. The SMILES string of the molecule is CC(C)c1nn(CC(=O)N/C(N)=C/C=C(\N)C(F)F)c(=O)c2cc(C3CC3)nn12. The average Bonchev–Trinajstić information content (AvgIpc) is 3.40. The van der Waals surface area contributed by atoms with Gasteiger partial charge in [-0.2, -0.15) is 10.2 Å². The van der Waals surface area contributed by atoms with Crippen molar-refractivity contribution < 1.29 is 13.6 Å². The van der Waals surface area contributed by atoms with Crippen molar-refractivity contribution in [2.45, 2.75) is 51.5 Å². The van der Waals surface area contributed by atoms with E-state index in [1.165, 1.54) is 0 Å². The van der Waals surface area contributed by atoms with Crippen molar-refractivity contribution in [1.29, 1.82) is 0 Å². The lowest BCUT2D eigenvalue weighted by Crippen LogP contribution is -2.36. The van der Waals surface area contributed by atoms with Gasteiger partial charge in [0.05, 0.1) is 11.4 Å². The van der Waals surface area contributed by atoms with E-state index in [1.54, 1.807) is 10.6 Å². The maximum Gasteiger partial charge on any atom is 0.293 e. The average molecular weight is 407 g/mol. The summed E-state index contributed by atoms with van der Waals surface area (Å²) in [6.45, 7) is 3.44. The summed E-state index contributed by atoms with van der Waals surface area (Å²) >= 11 is 0.